The number of benzene rings is 1. The van der Waals surface area contributed by atoms with Gasteiger partial charge in [-0.05, 0) is 18.2 Å². The fraction of sp³-hybridized carbons (Fsp3) is 0.500. The van der Waals surface area contributed by atoms with Crippen LogP contribution in [0.15, 0.2) is 24.3 Å². The fourth-order valence-electron chi connectivity index (χ4n) is 2.12. The van der Waals surface area contributed by atoms with Crippen molar-refractivity contribution in [3.63, 3.8) is 0 Å². The Labute approximate surface area is 113 Å². The van der Waals surface area contributed by atoms with Crippen LogP contribution in [0.4, 0.5) is 0 Å². The Morgan fingerprint density at radius 3 is 2.89 bits per heavy atom. The molecular weight excluding hydrogens is 244 g/mol. The molecule has 19 heavy (non-hydrogen) atoms. The van der Waals surface area contributed by atoms with Crippen molar-refractivity contribution in [3.05, 3.63) is 35.4 Å². The number of ether oxygens (including phenoxy) is 1. The second-order valence-corrected chi connectivity index (χ2v) is 4.77. The Morgan fingerprint density at radius 1 is 1.47 bits per heavy atom. The fourth-order valence-corrected chi connectivity index (χ4v) is 2.12. The molecule has 5 nitrogen and oxygen atoms in total. The van der Waals surface area contributed by atoms with E-state index in [-0.39, 0.29) is 12.5 Å². The SMILES string of the molecule is CN1CCOC(C(=O)NCc2ccccc2CO)C1. The summed E-state index contributed by atoms with van der Waals surface area (Å²) >= 11 is 0. The number of carbonyl (C=O) groups is 1. The smallest absolute Gasteiger partial charge is 0.250 e. The molecule has 1 fully saturated rings. The second-order valence-electron chi connectivity index (χ2n) is 4.77. The van der Waals surface area contributed by atoms with Gasteiger partial charge in [-0.3, -0.25) is 4.79 Å². The standard InChI is InChI=1S/C14H20N2O3/c1-16-6-7-19-13(9-16)14(18)15-8-11-4-2-3-5-12(11)10-17/h2-5,13,17H,6-10H2,1H3,(H,15,18). The number of rotatable bonds is 4. The highest BCUT2D eigenvalue weighted by Crippen LogP contribution is 2.09. The van der Waals surface area contributed by atoms with E-state index in [2.05, 4.69) is 10.2 Å². The average Bonchev–Trinajstić information content (AvgIpc) is 2.45. The quantitative estimate of drug-likeness (QED) is 0.811. The molecule has 1 saturated heterocycles. The van der Waals surface area contributed by atoms with E-state index in [1.54, 1.807) is 0 Å². The van der Waals surface area contributed by atoms with Gasteiger partial charge in [0.2, 0.25) is 0 Å². The van der Waals surface area contributed by atoms with Crippen molar-refractivity contribution in [2.24, 2.45) is 0 Å². The molecule has 1 heterocycles. The lowest BCUT2D eigenvalue weighted by atomic mass is 10.1. The van der Waals surface area contributed by atoms with Gasteiger partial charge in [0.1, 0.15) is 6.10 Å². The molecular formula is C14H20N2O3. The van der Waals surface area contributed by atoms with Crippen molar-refractivity contribution >= 4 is 5.91 Å². The van der Waals surface area contributed by atoms with Crippen molar-refractivity contribution < 1.29 is 14.6 Å². The molecule has 0 spiro atoms. The minimum atomic E-state index is -0.403. The van der Waals surface area contributed by atoms with Crippen molar-refractivity contribution in [2.75, 3.05) is 26.7 Å². The summed E-state index contributed by atoms with van der Waals surface area (Å²) in [6, 6.07) is 7.52. The summed E-state index contributed by atoms with van der Waals surface area (Å²) in [5.74, 6) is -0.0979. The van der Waals surface area contributed by atoms with E-state index in [1.807, 2.05) is 31.3 Å². The maximum Gasteiger partial charge on any atom is 0.250 e. The number of nitrogens with one attached hydrogen (secondary N) is 1. The number of aliphatic hydroxyl groups is 1. The molecule has 0 bridgehead atoms. The third kappa shape index (κ3) is 3.76. The number of morpholine rings is 1. The molecule has 1 aliphatic heterocycles. The van der Waals surface area contributed by atoms with E-state index in [0.29, 0.717) is 19.7 Å². The van der Waals surface area contributed by atoms with Gasteiger partial charge in [0.15, 0.2) is 0 Å². The maximum absolute atomic E-state index is 12.0. The average molecular weight is 264 g/mol. The first-order valence-corrected chi connectivity index (χ1v) is 6.46. The Balaban J connectivity index is 1.89. The summed E-state index contributed by atoms with van der Waals surface area (Å²) in [7, 11) is 1.98. The van der Waals surface area contributed by atoms with Crippen LogP contribution < -0.4 is 5.32 Å². The summed E-state index contributed by atoms with van der Waals surface area (Å²) < 4.78 is 5.45. The predicted molar refractivity (Wildman–Crippen MR) is 71.4 cm³/mol. The van der Waals surface area contributed by atoms with Crippen LogP contribution in [0.25, 0.3) is 0 Å². The van der Waals surface area contributed by atoms with E-state index in [4.69, 9.17) is 4.74 Å². The first kappa shape index (κ1) is 14.0. The molecule has 5 heteroatoms. The zero-order valence-electron chi connectivity index (χ0n) is 11.1. The highest BCUT2D eigenvalue weighted by atomic mass is 16.5. The lowest BCUT2D eigenvalue weighted by molar-refractivity contribution is -0.138. The number of hydrogen-bond donors (Lipinski definition) is 2. The topological polar surface area (TPSA) is 61.8 Å². The molecule has 1 atom stereocenters. The summed E-state index contributed by atoms with van der Waals surface area (Å²) in [6.07, 6.45) is -0.403. The Bertz CT molecular complexity index is 436. The minimum absolute atomic E-state index is 0.0191. The van der Waals surface area contributed by atoms with Crippen LogP contribution >= 0.6 is 0 Å². The highest BCUT2D eigenvalue weighted by molar-refractivity contribution is 5.81. The molecule has 1 aromatic rings. The zero-order valence-corrected chi connectivity index (χ0v) is 11.1. The Morgan fingerprint density at radius 2 is 2.21 bits per heavy atom. The molecule has 0 aliphatic carbocycles. The summed E-state index contributed by atoms with van der Waals surface area (Å²) in [6.45, 7) is 2.46. The lowest BCUT2D eigenvalue weighted by Gasteiger charge is -2.29. The first-order chi connectivity index (χ1) is 9.20. The van der Waals surface area contributed by atoms with Gasteiger partial charge < -0.3 is 20.1 Å². The lowest BCUT2D eigenvalue weighted by Crippen LogP contribution is -2.48. The van der Waals surface area contributed by atoms with Gasteiger partial charge in [-0.25, -0.2) is 0 Å². The number of nitrogens with zero attached hydrogens (tertiary/aromatic N) is 1. The molecule has 0 saturated carbocycles. The predicted octanol–water partition coefficient (Wildman–Crippen LogP) is 0.126. The van der Waals surface area contributed by atoms with Gasteiger partial charge in [-0.1, -0.05) is 24.3 Å². The van der Waals surface area contributed by atoms with Crippen LogP contribution in [0.2, 0.25) is 0 Å². The van der Waals surface area contributed by atoms with E-state index in [1.165, 1.54) is 0 Å². The van der Waals surface area contributed by atoms with Gasteiger partial charge in [-0.2, -0.15) is 0 Å². The van der Waals surface area contributed by atoms with Crippen LogP contribution in [-0.4, -0.2) is 48.8 Å². The van der Waals surface area contributed by atoms with E-state index in [0.717, 1.165) is 17.7 Å². The summed E-state index contributed by atoms with van der Waals surface area (Å²) in [5.41, 5.74) is 1.77. The highest BCUT2D eigenvalue weighted by Gasteiger charge is 2.24. The van der Waals surface area contributed by atoms with Gasteiger partial charge in [-0.15, -0.1) is 0 Å². The van der Waals surface area contributed by atoms with Crippen molar-refractivity contribution in [1.82, 2.24) is 10.2 Å². The maximum atomic E-state index is 12.0. The van der Waals surface area contributed by atoms with Crippen LogP contribution in [0.1, 0.15) is 11.1 Å². The van der Waals surface area contributed by atoms with Crippen molar-refractivity contribution in [3.8, 4) is 0 Å². The molecule has 1 aliphatic rings. The van der Waals surface area contributed by atoms with Gasteiger partial charge in [0.25, 0.3) is 5.91 Å². The molecule has 0 aromatic heterocycles. The Kier molecular flexibility index (Phi) is 4.90. The molecule has 1 aromatic carbocycles. The van der Waals surface area contributed by atoms with Crippen LogP contribution in [-0.2, 0) is 22.7 Å². The molecule has 2 rings (SSSR count). The minimum Gasteiger partial charge on any atom is -0.392 e. The molecule has 2 N–H and O–H groups in total. The van der Waals surface area contributed by atoms with Gasteiger partial charge in [0, 0.05) is 19.6 Å². The van der Waals surface area contributed by atoms with Crippen molar-refractivity contribution in [2.45, 2.75) is 19.3 Å². The summed E-state index contributed by atoms with van der Waals surface area (Å²) in [4.78, 5) is 14.1. The molecule has 0 radical (unpaired) electrons. The zero-order chi connectivity index (χ0) is 13.7. The molecule has 104 valence electrons. The number of hydrogen-bond acceptors (Lipinski definition) is 4. The van der Waals surface area contributed by atoms with Crippen LogP contribution in [0.5, 0.6) is 0 Å². The van der Waals surface area contributed by atoms with Gasteiger partial charge >= 0.3 is 0 Å². The first-order valence-electron chi connectivity index (χ1n) is 6.46. The molecule has 1 unspecified atom stereocenters. The van der Waals surface area contributed by atoms with Gasteiger partial charge in [0.05, 0.1) is 13.2 Å². The van der Waals surface area contributed by atoms with Crippen LogP contribution in [0.3, 0.4) is 0 Å². The third-order valence-electron chi connectivity index (χ3n) is 3.30. The Hall–Kier alpha value is -1.43. The molecule has 1 amide bonds. The largest absolute Gasteiger partial charge is 0.392 e. The third-order valence-corrected chi connectivity index (χ3v) is 3.30. The van der Waals surface area contributed by atoms with Crippen molar-refractivity contribution in [1.29, 1.82) is 0 Å². The van der Waals surface area contributed by atoms with E-state index < -0.39 is 6.10 Å². The van der Waals surface area contributed by atoms with E-state index in [9.17, 15) is 9.90 Å². The number of amides is 1. The summed E-state index contributed by atoms with van der Waals surface area (Å²) in [5, 5.41) is 12.1. The number of carbonyl (C=O) groups excluding carboxylic acids is 1. The monoisotopic (exact) mass is 264 g/mol. The number of likely N-dealkylation sites (N-methyl/N-ethyl adjacent to an activating group) is 1. The second kappa shape index (κ2) is 6.65. The van der Waals surface area contributed by atoms with Crippen LogP contribution in [0, 0.1) is 0 Å². The van der Waals surface area contributed by atoms with E-state index >= 15 is 0 Å². The normalized spacial score (nSPS) is 20.2. The number of aliphatic hydroxyl groups excluding tert-OH is 1.